The molecular formula is C5H7N4O. The number of H-pyrrole nitrogens is 1. The van der Waals surface area contributed by atoms with Crippen LogP contribution in [0.4, 0.5) is 4.79 Å². The first kappa shape index (κ1) is 6.60. The smallest absolute Gasteiger partial charge is 0.334 e. The highest BCUT2D eigenvalue weighted by Gasteiger charge is 1.96. The van der Waals surface area contributed by atoms with Crippen molar-refractivity contribution in [2.45, 2.75) is 6.54 Å². The molecule has 1 aromatic rings. The van der Waals surface area contributed by atoms with E-state index in [9.17, 15) is 4.79 Å². The fourth-order valence-corrected chi connectivity index (χ4v) is 0.538. The van der Waals surface area contributed by atoms with E-state index in [0.29, 0.717) is 5.69 Å². The van der Waals surface area contributed by atoms with Crippen LogP contribution in [-0.2, 0) is 6.54 Å². The number of hydrogen-bond donors (Lipinski definition) is 2. The molecule has 1 radical (unpaired) electrons. The summed E-state index contributed by atoms with van der Waals surface area (Å²) < 4.78 is 0. The third-order valence-electron chi connectivity index (χ3n) is 0.955. The Bertz CT molecular complexity index is 205. The van der Waals surface area contributed by atoms with Gasteiger partial charge in [0.1, 0.15) is 0 Å². The molecule has 1 heterocycles. The first-order chi connectivity index (χ1) is 4.79. The van der Waals surface area contributed by atoms with E-state index in [-0.39, 0.29) is 6.54 Å². The number of rotatable bonds is 2. The van der Waals surface area contributed by atoms with Gasteiger partial charge in [0.05, 0.1) is 12.2 Å². The predicted octanol–water partition coefficient (Wildman–Crippen LogP) is -0.407. The molecule has 2 amide bonds. The van der Waals surface area contributed by atoms with Crippen LogP contribution in [0.2, 0.25) is 0 Å². The van der Waals surface area contributed by atoms with Crippen molar-refractivity contribution in [1.82, 2.24) is 15.5 Å². The van der Waals surface area contributed by atoms with Crippen LogP contribution in [0.3, 0.4) is 0 Å². The van der Waals surface area contributed by atoms with Crippen molar-refractivity contribution in [2.24, 2.45) is 5.73 Å². The Morgan fingerprint density at radius 2 is 2.70 bits per heavy atom. The lowest BCUT2D eigenvalue weighted by atomic mass is 10.4. The summed E-state index contributed by atoms with van der Waals surface area (Å²) in [5.41, 5.74) is 5.47. The van der Waals surface area contributed by atoms with Gasteiger partial charge < -0.3 is 5.73 Å². The lowest BCUT2D eigenvalue weighted by Gasteiger charge is -1.90. The van der Waals surface area contributed by atoms with E-state index in [2.05, 4.69) is 15.5 Å². The largest absolute Gasteiger partial charge is 0.350 e. The minimum Gasteiger partial charge on any atom is -0.350 e. The fourth-order valence-electron chi connectivity index (χ4n) is 0.538. The molecule has 0 saturated heterocycles. The number of nitrogens with two attached hydrogens (primary N) is 1. The summed E-state index contributed by atoms with van der Waals surface area (Å²) in [6.07, 6.45) is 1.66. The quantitative estimate of drug-likeness (QED) is 0.583. The van der Waals surface area contributed by atoms with Crippen molar-refractivity contribution in [3.05, 3.63) is 18.0 Å². The molecule has 1 aromatic heterocycles. The molecule has 5 nitrogen and oxygen atoms in total. The summed E-state index contributed by atoms with van der Waals surface area (Å²) in [6, 6.07) is 1.06. The van der Waals surface area contributed by atoms with E-state index in [1.807, 2.05) is 0 Å². The van der Waals surface area contributed by atoms with Crippen molar-refractivity contribution in [1.29, 1.82) is 0 Å². The highest BCUT2D eigenvalue weighted by molar-refractivity contribution is 5.71. The molecule has 0 aliphatic heterocycles. The Morgan fingerprint density at radius 1 is 1.90 bits per heavy atom. The summed E-state index contributed by atoms with van der Waals surface area (Å²) in [6.45, 7) is 0.249. The van der Waals surface area contributed by atoms with Gasteiger partial charge in [0.2, 0.25) is 0 Å². The van der Waals surface area contributed by atoms with E-state index >= 15 is 0 Å². The molecule has 0 spiro atoms. The number of carbonyl (C=O) groups is 1. The molecular weight excluding hydrogens is 132 g/mol. The number of carbonyl (C=O) groups excluding carboxylic acids is 1. The molecule has 1 rings (SSSR count). The molecule has 0 fully saturated rings. The van der Waals surface area contributed by atoms with Crippen molar-refractivity contribution in [2.75, 3.05) is 0 Å². The number of nitrogens with one attached hydrogen (secondary N) is 1. The summed E-state index contributed by atoms with van der Waals surface area (Å²) in [5, 5.41) is 9.78. The molecule has 10 heavy (non-hydrogen) atoms. The number of aromatic amines is 1. The number of urea groups is 1. The molecule has 5 heteroatoms. The average Bonchev–Trinajstić information content (AvgIpc) is 2.34. The van der Waals surface area contributed by atoms with Gasteiger partial charge in [-0.2, -0.15) is 5.10 Å². The van der Waals surface area contributed by atoms with E-state index in [4.69, 9.17) is 5.73 Å². The summed E-state index contributed by atoms with van der Waals surface area (Å²) in [7, 11) is 0. The molecule has 0 unspecified atom stereocenters. The van der Waals surface area contributed by atoms with Gasteiger partial charge in [-0.25, -0.2) is 10.1 Å². The Kier molecular flexibility index (Phi) is 1.89. The number of amides is 2. The Labute approximate surface area is 57.6 Å². The molecule has 53 valence electrons. The lowest BCUT2D eigenvalue weighted by Crippen LogP contribution is -2.21. The zero-order valence-corrected chi connectivity index (χ0v) is 5.24. The standard InChI is InChI=1S/C5H7N4O/c6-5(10)7-3-4-1-2-8-9-4/h1-2H,3H2,(H2,6,10)(H,8,9). The maximum absolute atomic E-state index is 10.1. The lowest BCUT2D eigenvalue weighted by molar-refractivity contribution is 0.247. The zero-order chi connectivity index (χ0) is 7.40. The first-order valence-electron chi connectivity index (χ1n) is 2.74. The van der Waals surface area contributed by atoms with Crippen LogP contribution in [0.15, 0.2) is 12.3 Å². The van der Waals surface area contributed by atoms with Crippen LogP contribution in [0.25, 0.3) is 0 Å². The van der Waals surface area contributed by atoms with Gasteiger partial charge in [-0.15, -0.1) is 0 Å². The SMILES string of the molecule is NC(=O)[N]Cc1cc[nH]n1. The highest BCUT2D eigenvalue weighted by Crippen LogP contribution is 1.89. The van der Waals surface area contributed by atoms with Crippen LogP contribution >= 0.6 is 0 Å². The van der Waals surface area contributed by atoms with Crippen molar-refractivity contribution >= 4 is 6.03 Å². The third-order valence-corrected chi connectivity index (χ3v) is 0.955. The monoisotopic (exact) mass is 139 g/mol. The van der Waals surface area contributed by atoms with E-state index in [1.165, 1.54) is 0 Å². The van der Waals surface area contributed by atoms with Crippen LogP contribution in [0.1, 0.15) is 5.69 Å². The summed E-state index contributed by atoms with van der Waals surface area (Å²) in [5.74, 6) is 0. The molecule has 3 N–H and O–H groups in total. The summed E-state index contributed by atoms with van der Waals surface area (Å²) in [4.78, 5) is 10.1. The van der Waals surface area contributed by atoms with Gasteiger partial charge in [0.15, 0.2) is 0 Å². The molecule has 0 aromatic carbocycles. The van der Waals surface area contributed by atoms with Crippen LogP contribution in [-0.4, -0.2) is 16.2 Å². The van der Waals surface area contributed by atoms with Gasteiger partial charge in [-0.05, 0) is 6.07 Å². The topological polar surface area (TPSA) is 85.9 Å². The van der Waals surface area contributed by atoms with Gasteiger partial charge in [-0.1, -0.05) is 0 Å². The maximum atomic E-state index is 10.1. The maximum Gasteiger partial charge on any atom is 0.334 e. The van der Waals surface area contributed by atoms with E-state index in [1.54, 1.807) is 12.3 Å². The van der Waals surface area contributed by atoms with Crippen molar-refractivity contribution in [3.63, 3.8) is 0 Å². The Balaban J connectivity index is 2.35. The minimum atomic E-state index is -0.664. The number of nitrogens with zero attached hydrogens (tertiary/aromatic N) is 2. The fraction of sp³-hybridized carbons (Fsp3) is 0.200. The number of aromatic nitrogens is 2. The minimum absolute atomic E-state index is 0.249. The second kappa shape index (κ2) is 2.86. The second-order valence-corrected chi connectivity index (χ2v) is 1.72. The van der Waals surface area contributed by atoms with E-state index in [0.717, 1.165) is 0 Å². The van der Waals surface area contributed by atoms with Crippen LogP contribution in [0, 0.1) is 0 Å². The van der Waals surface area contributed by atoms with Crippen LogP contribution < -0.4 is 11.1 Å². The highest BCUT2D eigenvalue weighted by atomic mass is 16.2. The van der Waals surface area contributed by atoms with Crippen LogP contribution in [0.5, 0.6) is 0 Å². The second-order valence-electron chi connectivity index (χ2n) is 1.72. The van der Waals surface area contributed by atoms with E-state index < -0.39 is 6.03 Å². The average molecular weight is 139 g/mol. The number of hydrogen-bond acceptors (Lipinski definition) is 2. The molecule has 0 atom stereocenters. The Morgan fingerprint density at radius 3 is 3.20 bits per heavy atom. The van der Waals surface area contributed by atoms with Gasteiger partial charge in [0.25, 0.3) is 0 Å². The predicted molar refractivity (Wildman–Crippen MR) is 34.0 cm³/mol. The molecule has 0 aliphatic carbocycles. The molecule has 0 saturated carbocycles. The van der Waals surface area contributed by atoms with Gasteiger partial charge >= 0.3 is 6.03 Å². The Hall–Kier alpha value is -1.52. The van der Waals surface area contributed by atoms with Gasteiger partial charge in [-0.3, -0.25) is 5.10 Å². The van der Waals surface area contributed by atoms with Crippen molar-refractivity contribution in [3.8, 4) is 0 Å². The first-order valence-corrected chi connectivity index (χ1v) is 2.74. The molecule has 0 aliphatic rings. The van der Waals surface area contributed by atoms with Crippen molar-refractivity contribution < 1.29 is 4.79 Å². The zero-order valence-electron chi connectivity index (χ0n) is 5.24. The number of primary amides is 1. The third kappa shape index (κ3) is 1.77. The normalized spacial score (nSPS) is 9.20. The summed E-state index contributed by atoms with van der Waals surface area (Å²) >= 11 is 0. The molecule has 0 bridgehead atoms. The van der Waals surface area contributed by atoms with Gasteiger partial charge in [0, 0.05) is 6.20 Å².